The van der Waals surface area contributed by atoms with Crippen molar-refractivity contribution in [2.75, 3.05) is 31.1 Å². The summed E-state index contributed by atoms with van der Waals surface area (Å²) >= 11 is 0. The third-order valence-electron chi connectivity index (χ3n) is 6.10. The minimum atomic E-state index is -4.92. The first-order valence-electron chi connectivity index (χ1n) is 11.5. The zero-order valence-corrected chi connectivity index (χ0v) is 19.8. The largest absolute Gasteiger partial charge is 0.487 e. The minimum absolute atomic E-state index is 0.130. The molecule has 12 heteroatoms. The van der Waals surface area contributed by atoms with E-state index >= 15 is 0 Å². The van der Waals surface area contributed by atoms with Crippen molar-refractivity contribution in [1.29, 1.82) is 0 Å². The molecule has 1 aromatic heterocycles. The molecular formula is C26H22F6N4O2. The van der Waals surface area contributed by atoms with E-state index in [2.05, 4.69) is 4.98 Å². The van der Waals surface area contributed by atoms with Gasteiger partial charge in [0.1, 0.15) is 5.69 Å². The lowest BCUT2D eigenvalue weighted by molar-refractivity contribution is -0.228. The van der Waals surface area contributed by atoms with E-state index in [1.165, 1.54) is 47.5 Å². The molecule has 0 spiro atoms. The number of anilines is 1. The molecule has 0 bridgehead atoms. The molecule has 1 fully saturated rings. The number of alkyl halides is 6. The number of carbonyl (C=O) groups excluding carboxylic acids is 2. The van der Waals surface area contributed by atoms with Crippen molar-refractivity contribution in [2.24, 2.45) is 0 Å². The lowest BCUT2D eigenvalue weighted by Gasteiger charge is -2.36. The van der Waals surface area contributed by atoms with Crippen LogP contribution in [0.15, 0.2) is 72.9 Å². The molecule has 1 saturated heterocycles. The summed E-state index contributed by atoms with van der Waals surface area (Å²) in [5.74, 6) is -2.03. The zero-order valence-electron chi connectivity index (χ0n) is 19.8. The van der Waals surface area contributed by atoms with Gasteiger partial charge in [0.2, 0.25) is 0 Å². The molecule has 3 aromatic rings. The third-order valence-corrected chi connectivity index (χ3v) is 6.10. The van der Waals surface area contributed by atoms with Crippen LogP contribution in [0.25, 0.3) is 0 Å². The Balaban J connectivity index is 1.42. The number of benzene rings is 2. The van der Waals surface area contributed by atoms with Gasteiger partial charge >= 0.3 is 12.5 Å². The number of nitrogens with zero attached hydrogens (tertiary/aromatic N) is 4. The van der Waals surface area contributed by atoms with Gasteiger partial charge in [-0.25, -0.2) is 9.88 Å². The van der Waals surface area contributed by atoms with Crippen LogP contribution in [-0.2, 0) is 12.7 Å². The van der Waals surface area contributed by atoms with E-state index in [1.807, 2.05) is 0 Å². The van der Waals surface area contributed by atoms with Crippen molar-refractivity contribution < 1.29 is 35.9 Å². The summed E-state index contributed by atoms with van der Waals surface area (Å²) in [7, 11) is 0. The van der Waals surface area contributed by atoms with Gasteiger partial charge in [0, 0.05) is 26.2 Å². The number of piperazine rings is 1. The average molecular weight is 536 g/mol. The minimum Gasteiger partial charge on any atom is -0.367 e. The Hall–Kier alpha value is -4.09. The number of rotatable bonds is 5. The lowest BCUT2D eigenvalue weighted by atomic mass is 10.1. The standard InChI is InChI=1S/C26H22F6N4O2/c27-25(28,29)21-9-5-4-8-20(21)23(37)35-14-12-34(13-15-35)19-10-11-22(33-16-19)24(38)36(26(30,31)32)17-18-6-2-1-3-7-18/h1-11,16H,12-15,17H2. The Morgan fingerprint density at radius 3 is 2.03 bits per heavy atom. The van der Waals surface area contributed by atoms with E-state index in [1.54, 1.807) is 23.1 Å². The van der Waals surface area contributed by atoms with Crippen molar-refractivity contribution in [3.05, 3.63) is 95.3 Å². The van der Waals surface area contributed by atoms with Crippen molar-refractivity contribution in [1.82, 2.24) is 14.8 Å². The van der Waals surface area contributed by atoms with Crippen molar-refractivity contribution in [3.8, 4) is 0 Å². The number of aromatic nitrogens is 1. The summed E-state index contributed by atoms with van der Waals surface area (Å²) in [6.07, 6.45) is -8.32. The molecule has 6 nitrogen and oxygen atoms in total. The van der Waals surface area contributed by atoms with Crippen LogP contribution in [0.3, 0.4) is 0 Å². The van der Waals surface area contributed by atoms with Crippen LogP contribution in [0.4, 0.5) is 32.0 Å². The first-order valence-corrected chi connectivity index (χ1v) is 11.5. The molecule has 200 valence electrons. The lowest BCUT2D eigenvalue weighted by Crippen LogP contribution is -2.49. The van der Waals surface area contributed by atoms with Gasteiger partial charge in [-0.15, -0.1) is 13.2 Å². The van der Waals surface area contributed by atoms with Gasteiger partial charge in [0.05, 0.1) is 29.6 Å². The fourth-order valence-electron chi connectivity index (χ4n) is 4.14. The van der Waals surface area contributed by atoms with Gasteiger partial charge in [0.15, 0.2) is 0 Å². The average Bonchev–Trinajstić information content (AvgIpc) is 2.90. The number of pyridine rings is 1. The van der Waals surface area contributed by atoms with Crippen LogP contribution in [0, 0.1) is 0 Å². The summed E-state index contributed by atoms with van der Waals surface area (Å²) < 4.78 is 80.7. The van der Waals surface area contributed by atoms with E-state index in [4.69, 9.17) is 0 Å². The number of amides is 2. The SMILES string of the molecule is O=C(c1ccccc1C(F)(F)F)N1CCN(c2ccc(C(=O)N(Cc3ccccc3)C(F)(F)F)nc2)CC1. The van der Waals surface area contributed by atoms with Crippen LogP contribution < -0.4 is 4.90 Å². The highest BCUT2D eigenvalue weighted by atomic mass is 19.4. The van der Waals surface area contributed by atoms with E-state index in [9.17, 15) is 35.9 Å². The summed E-state index contributed by atoms with van der Waals surface area (Å²) in [5, 5.41) is 0. The van der Waals surface area contributed by atoms with Gasteiger partial charge in [-0.2, -0.15) is 13.2 Å². The molecule has 0 radical (unpaired) electrons. The van der Waals surface area contributed by atoms with Crippen LogP contribution in [0.1, 0.15) is 32.0 Å². The van der Waals surface area contributed by atoms with Gasteiger partial charge < -0.3 is 9.80 Å². The Bertz CT molecular complexity index is 1270. The predicted molar refractivity (Wildman–Crippen MR) is 126 cm³/mol. The second kappa shape index (κ2) is 10.7. The van der Waals surface area contributed by atoms with Crippen molar-refractivity contribution in [3.63, 3.8) is 0 Å². The zero-order chi connectivity index (χ0) is 27.5. The molecule has 1 aliphatic heterocycles. The Kier molecular flexibility index (Phi) is 7.61. The Labute approximate surface area is 214 Å². The second-order valence-corrected chi connectivity index (χ2v) is 8.57. The molecule has 2 amide bonds. The Morgan fingerprint density at radius 2 is 1.45 bits per heavy atom. The van der Waals surface area contributed by atoms with Crippen molar-refractivity contribution >= 4 is 17.5 Å². The van der Waals surface area contributed by atoms with Crippen LogP contribution in [-0.4, -0.2) is 59.1 Å². The summed E-state index contributed by atoms with van der Waals surface area (Å²) in [4.78, 5) is 32.2. The monoisotopic (exact) mass is 536 g/mol. The maximum absolute atomic E-state index is 13.6. The first-order chi connectivity index (χ1) is 17.9. The highest BCUT2D eigenvalue weighted by Gasteiger charge is 2.42. The third kappa shape index (κ3) is 6.06. The quantitative estimate of drug-likeness (QED) is 0.331. The second-order valence-electron chi connectivity index (χ2n) is 8.57. The maximum Gasteiger partial charge on any atom is 0.487 e. The highest BCUT2D eigenvalue weighted by molar-refractivity contribution is 5.96. The fourth-order valence-corrected chi connectivity index (χ4v) is 4.14. The van der Waals surface area contributed by atoms with Gasteiger partial charge in [-0.1, -0.05) is 42.5 Å². The molecule has 0 aliphatic carbocycles. The fraction of sp³-hybridized carbons (Fsp3) is 0.269. The molecule has 2 heterocycles. The normalized spacial score (nSPS) is 14.4. The van der Waals surface area contributed by atoms with Crippen LogP contribution in [0.2, 0.25) is 0 Å². The summed E-state index contributed by atoms with van der Waals surface area (Å²) in [6.45, 7) is 0.116. The van der Waals surface area contributed by atoms with Gasteiger partial charge in [-0.05, 0) is 29.8 Å². The van der Waals surface area contributed by atoms with E-state index in [-0.39, 0.29) is 36.8 Å². The van der Waals surface area contributed by atoms with Crippen LogP contribution >= 0.6 is 0 Å². The van der Waals surface area contributed by atoms with E-state index in [0.717, 1.165) is 12.1 Å². The van der Waals surface area contributed by atoms with Crippen LogP contribution in [0.5, 0.6) is 0 Å². The van der Waals surface area contributed by atoms with Gasteiger partial charge in [-0.3, -0.25) is 9.59 Å². The molecule has 0 atom stereocenters. The molecule has 38 heavy (non-hydrogen) atoms. The van der Waals surface area contributed by atoms with E-state index < -0.39 is 42.0 Å². The first kappa shape index (κ1) is 27.0. The molecule has 0 unspecified atom stereocenters. The number of carbonyl (C=O) groups is 2. The molecule has 0 saturated carbocycles. The summed E-state index contributed by atoms with van der Waals surface area (Å²) in [5.41, 5.74) is -1.01. The molecule has 1 aliphatic rings. The highest BCUT2D eigenvalue weighted by Crippen LogP contribution is 2.33. The Morgan fingerprint density at radius 1 is 0.816 bits per heavy atom. The molecular weight excluding hydrogens is 514 g/mol. The van der Waals surface area contributed by atoms with Crippen molar-refractivity contribution in [2.45, 2.75) is 19.0 Å². The predicted octanol–water partition coefficient (Wildman–Crippen LogP) is 5.23. The molecule has 0 N–H and O–H groups in total. The number of hydrogen-bond donors (Lipinski definition) is 0. The summed E-state index contributed by atoms with van der Waals surface area (Å²) in [6, 6.07) is 15.0. The maximum atomic E-state index is 13.6. The molecule has 4 rings (SSSR count). The smallest absolute Gasteiger partial charge is 0.367 e. The van der Waals surface area contributed by atoms with Gasteiger partial charge in [0.25, 0.3) is 11.8 Å². The number of hydrogen-bond acceptors (Lipinski definition) is 4. The topological polar surface area (TPSA) is 56.8 Å². The van der Waals surface area contributed by atoms with E-state index in [0.29, 0.717) is 11.3 Å². The number of halogens is 6. The molecule has 2 aromatic carbocycles.